The molecule has 222 valence electrons. The number of allylic oxidation sites excluding steroid dienone is 1. The molecule has 0 spiro atoms. The number of benzene rings is 3. The molecule has 1 aliphatic heterocycles. The number of fused-ring (bicyclic) bond motifs is 1. The molecular formula is C33H31ClN2O5S2. The SMILES string of the molecule is CCOC(=O)C1=C(C)N=c2s/c(=C\c3ccc(OCc4ccccc4Cl)c(OCC)c3)c(=O)n2[C@@H]1c1ccc(SC)cc1. The first-order valence-electron chi connectivity index (χ1n) is 13.8. The summed E-state index contributed by atoms with van der Waals surface area (Å²) in [4.78, 5) is 33.4. The highest BCUT2D eigenvalue weighted by molar-refractivity contribution is 7.98. The van der Waals surface area contributed by atoms with Crippen molar-refractivity contribution in [3.8, 4) is 11.5 Å². The molecule has 7 nitrogen and oxygen atoms in total. The molecule has 1 aromatic heterocycles. The van der Waals surface area contributed by atoms with Crippen molar-refractivity contribution in [3.63, 3.8) is 0 Å². The number of carbonyl (C=O) groups is 1. The van der Waals surface area contributed by atoms with Crippen LogP contribution in [0.1, 0.15) is 43.5 Å². The molecule has 1 aliphatic rings. The third kappa shape index (κ3) is 6.59. The lowest BCUT2D eigenvalue weighted by molar-refractivity contribution is -0.139. The normalized spacial score (nSPS) is 14.7. The number of nitrogens with zero attached hydrogens (tertiary/aromatic N) is 2. The van der Waals surface area contributed by atoms with Gasteiger partial charge in [-0.1, -0.05) is 59.3 Å². The second-order valence-corrected chi connectivity index (χ2v) is 11.9. The number of rotatable bonds is 10. The maximum absolute atomic E-state index is 14.0. The van der Waals surface area contributed by atoms with Gasteiger partial charge in [-0.2, -0.15) is 0 Å². The van der Waals surface area contributed by atoms with E-state index >= 15 is 0 Å². The van der Waals surface area contributed by atoms with Crippen LogP contribution in [-0.2, 0) is 16.1 Å². The standard InChI is InChI=1S/C33H31ClN2O5S2/c1-5-39-27-17-21(11-16-26(27)41-19-23-9-7-8-10-25(23)34)18-28-31(37)36-30(22-12-14-24(42-4)15-13-22)29(32(38)40-6-2)20(3)35-33(36)43-28/h7-18,30H,5-6,19H2,1-4H3/b28-18-/t30-/m1/s1. The summed E-state index contributed by atoms with van der Waals surface area (Å²) >= 11 is 9.20. The third-order valence-corrected chi connectivity index (χ3v) is 8.95. The van der Waals surface area contributed by atoms with Gasteiger partial charge in [-0.25, -0.2) is 9.79 Å². The van der Waals surface area contributed by atoms with Crippen molar-refractivity contribution in [2.24, 2.45) is 4.99 Å². The van der Waals surface area contributed by atoms with Crippen LogP contribution >= 0.6 is 34.7 Å². The molecule has 43 heavy (non-hydrogen) atoms. The van der Waals surface area contributed by atoms with Gasteiger partial charge in [0.15, 0.2) is 16.3 Å². The summed E-state index contributed by atoms with van der Waals surface area (Å²) in [6.45, 7) is 6.39. The molecule has 0 saturated carbocycles. The summed E-state index contributed by atoms with van der Waals surface area (Å²) in [5.41, 5.74) is 3.09. The fourth-order valence-electron chi connectivity index (χ4n) is 4.82. The predicted molar refractivity (Wildman–Crippen MR) is 172 cm³/mol. The molecule has 1 atom stereocenters. The lowest BCUT2D eigenvalue weighted by Crippen LogP contribution is -2.39. The predicted octanol–water partition coefficient (Wildman–Crippen LogP) is 6.15. The van der Waals surface area contributed by atoms with Crippen molar-refractivity contribution in [2.75, 3.05) is 19.5 Å². The molecular weight excluding hydrogens is 604 g/mol. The zero-order chi connectivity index (χ0) is 30.5. The summed E-state index contributed by atoms with van der Waals surface area (Å²) < 4.78 is 19.4. The average Bonchev–Trinajstić information content (AvgIpc) is 3.30. The molecule has 4 aromatic rings. The van der Waals surface area contributed by atoms with Crippen LogP contribution in [0.15, 0.2) is 92.7 Å². The summed E-state index contributed by atoms with van der Waals surface area (Å²) in [5, 5.41) is 0.632. The van der Waals surface area contributed by atoms with Crippen LogP contribution in [0.3, 0.4) is 0 Å². The molecule has 3 aromatic carbocycles. The van der Waals surface area contributed by atoms with E-state index in [1.165, 1.54) is 11.3 Å². The number of hydrogen-bond acceptors (Lipinski definition) is 8. The van der Waals surface area contributed by atoms with Crippen molar-refractivity contribution in [1.29, 1.82) is 0 Å². The molecule has 0 amide bonds. The fraction of sp³-hybridized carbons (Fsp3) is 0.242. The van der Waals surface area contributed by atoms with Crippen molar-refractivity contribution < 1.29 is 19.0 Å². The van der Waals surface area contributed by atoms with Crippen LogP contribution in [0.25, 0.3) is 6.08 Å². The molecule has 5 rings (SSSR count). The first kappa shape index (κ1) is 30.7. The fourth-order valence-corrected chi connectivity index (χ4v) is 6.46. The topological polar surface area (TPSA) is 79.1 Å². The minimum absolute atomic E-state index is 0.221. The molecule has 10 heteroatoms. The van der Waals surface area contributed by atoms with Gasteiger partial charge in [-0.05, 0) is 74.6 Å². The van der Waals surface area contributed by atoms with E-state index < -0.39 is 12.0 Å². The first-order valence-corrected chi connectivity index (χ1v) is 16.2. The largest absolute Gasteiger partial charge is 0.490 e. The van der Waals surface area contributed by atoms with Gasteiger partial charge < -0.3 is 14.2 Å². The lowest BCUT2D eigenvalue weighted by Gasteiger charge is -2.24. The number of ether oxygens (including phenoxy) is 3. The Labute approximate surface area is 263 Å². The smallest absolute Gasteiger partial charge is 0.338 e. The molecule has 0 radical (unpaired) electrons. The molecule has 0 fully saturated rings. The molecule has 0 bridgehead atoms. The van der Waals surface area contributed by atoms with Gasteiger partial charge in [-0.15, -0.1) is 11.8 Å². The minimum Gasteiger partial charge on any atom is -0.490 e. The van der Waals surface area contributed by atoms with E-state index in [1.807, 2.05) is 86.0 Å². The molecule has 0 N–H and O–H groups in total. The average molecular weight is 635 g/mol. The van der Waals surface area contributed by atoms with E-state index in [2.05, 4.69) is 4.99 Å². The van der Waals surface area contributed by atoms with Gasteiger partial charge >= 0.3 is 5.97 Å². The van der Waals surface area contributed by atoms with Crippen LogP contribution in [0.2, 0.25) is 5.02 Å². The second kappa shape index (κ2) is 13.7. The number of esters is 1. The van der Waals surface area contributed by atoms with E-state index in [1.54, 1.807) is 30.2 Å². The third-order valence-electron chi connectivity index (χ3n) is 6.85. The Kier molecular flexibility index (Phi) is 9.75. The summed E-state index contributed by atoms with van der Waals surface area (Å²) in [6, 6.07) is 20.3. The van der Waals surface area contributed by atoms with Crippen LogP contribution in [0.4, 0.5) is 0 Å². The van der Waals surface area contributed by atoms with Gasteiger partial charge in [0, 0.05) is 15.5 Å². The number of thiazole rings is 1. The quantitative estimate of drug-likeness (QED) is 0.154. The zero-order valence-corrected chi connectivity index (χ0v) is 26.6. The van der Waals surface area contributed by atoms with Crippen LogP contribution in [0.5, 0.6) is 11.5 Å². The Morgan fingerprint density at radius 2 is 1.81 bits per heavy atom. The van der Waals surface area contributed by atoms with E-state index in [0.717, 1.165) is 21.6 Å². The van der Waals surface area contributed by atoms with Crippen LogP contribution in [-0.4, -0.2) is 30.0 Å². The van der Waals surface area contributed by atoms with Gasteiger partial charge in [0.05, 0.1) is 35.1 Å². The Morgan fingerprint density at radius 3 is 2.51 bits per heavy atom. The highest BCUT2D eigenvalue weighted by atomic mass is 35.5. The van der Waals surface area contributed by atoms with E-state index in [0.29, 0.717) is 43.7 Å². The highest BCUT2D eigenvalue weighted by Crippen LogP contribution is 2.32. The number of carbonyl (C=O) groups excluding carboxylic acids is 1. The van der Waals surface area contributed by atoms with Gasteiger partial charge in [0.25, 0.3) is 5.56 Å². The monoisotopic (exact) mass is 634 g/mol. The molecule has 2 heterocycles. The van der Waals surface area contributed by atoms with Crippen molar-refractivity contribution in [1.82, 2.24) is 4.57 Å². The maximum atomic E-state index is 14.0. The summed E-state index contributed by atoms with van der Waals surface area (Å²) in [5.74, 6) is 0.651. The molecule has 0 unspecified atom stereocenters. The number of halogens is 1. The van der Waals surface area contributed by atoms with E-state index in [9.17, 15) is 9.59 Å². The highest BCUT2D eigenvalue weighted by Gasteiger charge is 2.33. The summed E-state index contributed by atoms with van der Waals surface area (Å²) in [6.07, 6.45) is 3.81. The Bertz CT molecular complexity index is 1860. The van der Waals surface area contributed by atoms with E-state index in [4.69, 9.17) is 25.8 Å². The van der Waals surface area contributed by atoms with Crippen molar-refractivity contribution >= 4 is 46.7 Å². The first-order chi connectivity index (χ1) is 20.8. The van der Waals surface area contributed by atoms with Crippen molar-refractivity contribution in [2.45, 2.75) is 38.3 Å². The Hall–Kier alpha value is -3.79. The minimum atomic E-state index is -0.659. The van der Waals surface area contributed by atoms with Gasteiger partial charge in [-0.3, -0.25) is 9.36 Å². The van der Waals surface area contributed by atoms with Gasteiger partial charge in [0.1, 0.15) is 6.61 Å². The second-order valence-electron chi connectivity index (χ2n) is 9.59. The zero-order valence-electron chi connectivity index (χ0n) is 24.3. The number of hydrogen-bond donors (Lipinski definition) is 0. The van der Waals surface area contributed by atoms with Crippen LogP contribution < -0.4 is 24.4 Å². The van der Waals surface area contributed by atoms with E-state index in [-0.39, 0.29) is 18.8 Å². The van der Waals surface area contributed by atoms with Crippen molar-refractivity contribution in [3.05, 3.63) is 119 Å². The Balaban J connectivity index is 1.56. The molecule has 0 saturated heterocycles. The maximum Gasteiger partial charge on any atom is 0.338 e. The molecule has 0 aliphatic carbocycles. The van der Waals surface area contributed by atoms with Gasteiger partial charge in [0.2, 0.25) is 0 Å². The number of thioether (sulfide) groups is 1. The Morgan fingerprint density at radius 1 is 1.05 bits per heavy atom. The summed E-state index contributed by atoms with van der Waals surface area (Å²) in [7, 11) is 0. The van der Waals surface area contributed by atoms with Crippen LogP contribution in [0, 0.1) is 0 Å². The number of aromatic nitrogens is 1. The lowest BCUT2D eigenvalue weighted by atomic mass is 9.96.